The first-order valence-corrected chi connectivity index (χ1v) is 8.87. The molecule has 136 valence electrons. The minimum atomic E-state index is -1.08. The van der Waals surface area contributed by atoms with Crippen molar-refractivity contribution in [3.05, 3.63) is 59.5 Å². The molecule has 0 aromatic carbocycles. The predicted molar refractivity (Wildman–Crippen MR) is 102 cm³/mol. The van der Waals surface area contributed by atoms with Crippen LogP contribution in [0.1, 0.15) is 24.1 Å². The zero-order chi connectivity index (χ0) is 18.5. The van der Waals surface area contributed by atoms with Crippen LogP contribution in [0.5, 0.6) is 0 Å². The van der Waals surface area contributed by atoms with Crippen LogP contribution in [0.3, 0.4) is 0 Å². The SMILES string of the molecule is C=C(C(=O)O)c1cnc(NC2CCN(Cc3ccccn3)CC2)c(Cl)c1. The van der Waals surface area contributed by atoms with Crippen LogP contribution in [-0.2, 0) is 11.3 Å². The molecule has 1 saturated heterocycles. The summed E-state index contributed by atoms with van der Waals surface area (Å²) < 4.78 is 0. The Kier molecular flexibility index (Phi) is 5.85. The van der Waals surface area contributed by atoms with Crippen LogP contribution in [0.15, 0.2) is 43.2 Å². The Hall–Kier alpha value is -2.44. The van der Waals surface area contributed by atoms with E-state index in [0.717, 1.165) is 38.2 Å². The van der Waals surface area contributed by atoms with Gasteiger partial charge in [-0.05, 0) is 31.0 Å². The van der Waals surface area contributed by atoms with Crippen LogP contribution in [0.2, 0.25) is 5.02 Å². The first kappa shape index (κ1) is 18.4. The maximum atomic E-state index is 11.0. The average molecular weight is 373 g/mol. The molecule has 0 saturated carbocycles. The molecule has 0 unspecified atom stereocenters. The summed E-state index contributed by atoms with van der Waals surface area (Å²) in [5.74, 6) is -0.499. The summed E-state index contributed by atoms with van der Waals surface area (Å²) in [5.41, 5.74) is 1.48. The number of anilines is 1. The van der Waals surface area contributed by atoms with Gasteiger partial charge in [0.2, 0.25) is 0 Å². The standard InChI is InChI=1S/C19H21ClN4O2/c1-13(19(25)26)14-10-17(20)18(22-11-14)23-15-5-8-24(9-6-15)12-16-4-2-3-7-21-16/h2-4,7,10-11,15H,1,5-6,8-9,12H2,(H,22,23)(H,25,26). The van der Waals surface area contributed by atoms with Gasteiger partial charge in [0.05, 0.1) is 16.3 Å². The number of rotatable bonds is 6. The Morgan fingerprint density at radius 2 is 2.12 bits per heavy atom. The van der Waals surface area contributed by atoms with Crippen LogP contribution in [0.4, 0.5) is 5.82 Å². The number of piperidine rings is 1. The minimum absolute atomic E-state index is 0.0196. The van der Waals surface area contributed by atoms with Crippen LogP contribution in [-0.4, -0.2) is 45.1 Å². The molecular formula is C19H21ClN4O2. The van der Waals surface area contributed by atoms with Gasteiger partial charge >= 0.3 is 5.97 Å². The van der Waals surface area contributed by atoms with Gasteiger partial charge < -0.3 is 10.4 Å². The van der Waals surface area contributed by atoms with Gasteiger partial charge in [-0.25, -0.2) is 9.78 Å². The molecule has 3 rings (SSSR count). The summed E-state index contributed by atoms with van der Waals surface area (Å²) in [6.45, 7) is 6.33. The van der Waals surface area contributed by atoms with E-state index in [4.69, 9.17) is 16.7 Å². The molecule has 3 heterocycles. The summed E-state index contributed by atoms with van der Waals surface area (Å²) in [4.78, 5) is 22.0. The summed E-state index contributed by atoms with van der Waals surface area (Å²) >= 11 is 6.26. The van der Waals surface area contributed by atoms with Crippen molar-refractivity contribution in [3.63, 3.8) is 0 Å². The topological polar surface area (TPSA) is 78.3 Å². The van der Waals surface area contributed by atoms with Crippen molar-refractivity contribution < 1.29 is 9.90 Å². The third kappa shape index (κ3) is 4.59. The fourth-order valence-electron chi connectivity index (χ4n) is 2.98. The van der Waals surface area contributed by atoms with E-state index in [2.05, 4.69) is 26.8 Å². The second kappa shape index (κ2) is 8.29. The number of hydrogen-bond donors (Lipinski definition) is 2. The molecule has 0 aliphatic carbocycles. The summed E-state index contributed by atoms with van der Waals surface area (Å²) in [7, 11) is 0. The van der Waals surface area contributed by atoms with E-state index in [0.29, 0.717) is 16.4 Å². The van der Waals surface area contributed by atoms with E-state index >= 15 is 0 Å². The second-order valence-corrected chi connectivity index (χ2v) is 6.76. The first-order valence-electron chi connectivity index (χ1n) is 8.50. The van der Waals surface area contributed by atoms with Crippen LogP contribution >= 0.6 is 11.6 Å². The highest BCUT2D eigenvalue weighted by atomic mass is 35.5. The van der Waals surface area contributed by atoms with Gasteiger partial charge in [-0.3, -0.25) is 9.88 Å². The molecule has 26 heavy (non-hydrogen) atoms. The van der Waals surface area contributed by atoms with Gasteiger partial charge in [0.15, 0.2) is 0 Å². The lowest BCUT2D eigenvalue weighted by Crippen LogP contribution is -2.39. The number of hydrogen-bond acceptors (Lipinski definition) is 5. The first-order chi connectivity index (χ1) is 12.5. The van der Waals surface area contributed by atoms with Gasteiger partial charge in [-0.15, -0.1) is 0 Å². The van der Waals surface area contributed by atoms with Crippen molar-refractivity contribution in [2.24, 2.45) is 0 Å². The third-order valence-corrected chi connectivity index (χ3v) is 4.78. The van der Waals surface area contributed by atoms with Crippen LogP contribution in [0.25, 0.3) is 5.57 Å². The Bertz CT molecular complexity index is 789. The van der Waals surface area contributed by atoms with Gasteiger partial charge in [0.25, 0.3) is 0 Å². The maximum absolute atomic E-state index is 11.0. The molecule has 0 amide bonds. The normalized spacial score (nSPS) is 15.6. The number of nitrogens with zero attached hydrogens (tertiary/aromatic N) is 3. The van der Waals surface area contributed by atoms with Crippen molar-refractivity contribution >= 4 is 29.0 Å². The number of nitrogens with one attached hydrogen (secondary N) is 1. The van der Waals surface area contributed by atoms with Gasteiger partial charge in [0.1, 0.15) is 5.82 Å². The molecule has 0 radical (unpaired) electrons. The van der Waals surface area contributed by atoms with Crippen molar-refractivity contribution in [2.75, 3.05) is 18.4 Å². The Balaban J connectivity index is 1.54. The second-order valence-electron chi connectivity index (χ2n) is 6.35. The molecule has 0 spiro atoms. The summed E-state index contributed by atoms with van der Waals surface area (Å²) in [5, 5.41) is 12.8. The van der Waals surface area contributed by atoms with E-state index in [9.17, 15) is 4.79 Å². The van der Waals surface area contributed by atoms with E-state index < -0.39 is 5.97 Å². The van der Waals surface area contributed by atoms with Crippen molar-refractivity contribution in [2.45, 2.75) is 25.4 Å². The number of pyridine rings is 2. The Morgan fingerprint density at radius 3 is 2.73 bits per heavy atom. The molecule has 0 atom stereocenters. The Morgan fingerprint density at radius 1 is 1.35 bits per heavy atom. The van der Waals surface area contributed by atoms with E-state index in [1.807, 2.05) is 24.4 Å². The van der Waals surface area contributed by atoms with E-state index in [1.54, 1.807) is 6.07 Å². The number of carbonyl (C=O) groups is 1. The van der Waals surface area contributed by atoms with E-state index in [1.165, 1.54) is 6.20 Å². The fraction of sp³-hybridized carbons (Fsp3) is 0.316. The van der Waals surface area contributed by atoms with Crippen LogP contribution in [0, 0.1) is 0 Å². The molecule has 6 nitrogen and oxygen atoms in total. The van der Waals surface area contributed by atoms with Gasteiger partial charge in [-0.1, -0.05) is 24.2 Å². The zero-order valence-corrected chi connectivity index (χ0v) is 15.1. The highest BCUT2D eigenvalue weighted by Crippen LogP contribution is 2.26. The quantitative estimate of drug-likeness (QED) is 0.757. The predicted octanol–water partition coefficient (Wildman–Crippen LogP) is 3.30. The molecule has 0 bridgehead atoms. The third-order valence-electron chi connectivity index (χ3n) is 4.49. The molecule has 2 aromatic rings. The monoisotopic (exact) mass is 372 g/mol. The largest absolute Gasteiger partial charge is 0.478 e. The van der Waals surface area contributed by atoms with Crippen molar-refractivity contribution in [1.29, 1.82) is 0 Å². The number of carboxylic acid groups (broad SMARTS) is 1. The number of aromatic nitrogens is 2. The smallest absolute Gasteiger partial charge is 0.335 e. The fourth-order valence-corrected chi connectivity index (χ4v) is 3.20. The molecular weight excluding hydrogens is 352 g/mol. The molecule has 1 aliphatic rings. The van der Waals surface area contributed by atoms with Crippen molar-refractivity contribution in [1.82, 2.24) is 14.9 Å². The number of aliphatic carboxylic acids is 1. The summed E-state index contributed by atoms with van der Waals surface area (Å²) in [6.07, 6.45) is 5.27. The minimum Gasteiger partial charge on any atom is -0.478 e. The molecule has 1 aliphatic heterocycles. The number of halogens is 1. The average Bonchev–Trinajstić information content (AvgIpc) is 2.65. The molecule has 1 fully saturated rings. The van der Waals surface area contributed by atoms with Crippen LogP contribution < -0.4 is 5.32 Å². The highest BCUT2D eigenvalue weighted by Gasteiger charge is 2.21. The van der Waals surface area contributed by atoms with Gasteiger partial charge in [-0.2, -0.15) is 0 Å². The lowest BCUT2D eigenvalue weighted by Gasteiger charge is -2.32. The van der Waals surface area contributed by atoms with E-state index in [-0.39, 0.29) is 11.6 Å². The van der Waals surface area contributed by atoms with Gasteiger partial charge in [0, 0.05) is 43.6 Å². The number of carboxylic acids is 1. The summed E-state index contributed by atoms with van der Waals surface area (Å²) in [6, 6.07) is 7.85. The lowest BCUT2D eigenvalue weighted by molar-refractivity contribution is -0.130. The van der Waals surface area contributed by atoms with Crippen molar-refractivity contribution in [3.8, 4) is 0 Å². The Labute approximate surface area is 157 Å². The maximum Gasteiger partial charge on any atom is 0.335 e. The highest BCUT2D eigenvalue weighted by molar-refractivity contribution is 6.33. The number of likely N-dealkylation sites (tertiary alicyclic amines) is 1. The molecule has 2 N–H and O–H groups in total. The molecule has 2 aromatic heterocycles. The molecule has 7 heteroatoms. The zero-order valence-electron chi connectivity index (χ0n) is 14.4. The lowest BCUT2D eigenvalue weighted by atomic mass is 10.0.